The summed E-state index contributed by atoms with van der Waals surface area (Å²) in [5.74, 6) is -0.268. The first-order valence-electron chi connectivity index (χ1n) is 7.70. The maximum absolute atomic E-state index is 4.66. The van der Waals surface area contributed by atoms with Gasteiger partial charge < -0.3 is 0 Å². The van der Waals surface area contributed by atoms with Crippen LogP contribution >= 0.6 is 9.03 Å². The molecule has 0 unspecified atom stereocenters. The third-order valence-corrected chi connectivity index (χ3v) is 4.41. The molecule has 0 spiro atoms. The molecule has 5 heteroatoms. The van der Waals surface area contributed by atoms with E-state index in [-0.39, 0.29) is 5.79 Å². The van der Waals surface area contributed by atoms with Crippen LogP contribution in [-0.4, -0.2) is 66.3 Å². The molecule has 0 aliphatic rings. The highest BCUT2D eigenvalue weighted by Gasteiger charge is 2.40. The topological polar surface area (TPSA) is 22.1 Å². The Morgan fingerprint density at radius 2 is 1.11 bits per heavy atom. The molecule has 0 bridgehead atoms. The number of likely N-dealkylation sites (N-methyl/N-ethyl adjacent to an activating group) is 3. The summed E-state index contributed by atoms with van der Waals surface area (Å²) in [4.78, 5) is 7.32. The summed E-state index contributed by atoms with van der Waals surface area (Å²) < 4.78 is 4.66. The second kappa shape index (κ2) is 9.82. The average Bonchev–Trinajstić information content (AvgIpc) is 2.46. The van der Waals surface area contributed by atoms with E-state index in [9.17, 15) is 0 Å². The minimum absolute atomic E-state index is 0.268. The molecule has 0 N–H and O–H groups in total. The van der Waals surface area contributed by atoms with Crippen LogP contribution in [0.5, 0.6) is 0 Å². The van der Waals surface area contributed by atoms with Gasteiger partial charge in [0, 0.05) is 0 Å². The van der Waals surface area contributed by atoms with E-state index in [0.717, 1.165) is 45.8 Å². The van der Waals surface area contributed by atoms with Crippen LogP contribution in [0.2, 0.25) is 0 Å². The van der Waals surface area contributed by atoms with E-state index in [2.05, 4.69) is 70.0 Å². The quantitative estimate of drug-likeness (QED) is 0.431. The minimum atomic E-state index is -0.268. The lowest BCUT2D eigenvalue weighted by atomic mass is 10.2. The summed E-state index contributed by atoms with van der Waals surface area (Å²) in [5, 5.41) is 0. The molecule has 19 heavy (non-hydrogen) atoms. The highest BCUT2D eigenvalue weighted by Crippen LogP contribution is 2.25. The highest BCUT2D eigenvalue weighted by atomic mass is 31.0. The van der Waals surface area contributed by atoms with Crippen LogP contribution in [0, 0.1) is 0 Å². The van der Waals surface area contributed by atoms with Gasteiger partial charge in [-0.15, -0.1) is 0 Å². The van der Waals surface area contributed by atoms with Gasteiger partial charge in [-0.2, -0.15) is 0 Å². The molecule has 4 nitrogen and oxygen atoms in total. The Morgan fingerprint density at radius 3 is 1.32 bits per heavy atom. The van der Waals surface area contributed by atoms with E-state index >= 15 is 0 Å². The maximum atomic E-state index is 4.66. The lowest BCUT2D eigenvalue weighted by Gasteiger charge is -2.48. The predicted molar refractivity (Wildman–Crippen MR) is 87.1 cm³/mol. The van der Waals surface area contributed by atoms with Gasteiger partial charge in [0.05, 0.1) is 6.54 Å². The lowest BCUT2D eigenvalue weighted by Crippen LogP contribution is -2.64. The molecule has 0 aliphatic heterocycles. The molecule has 0 saturated carbocycles. The van der Waals surface area contributed by atoms with E-state index < -0.39 is 0 Å². The van der Waals surface area contributed by atoms with Crippen molar-refractivity contribution in [3.8, 4) is 0 Å². The zero-order chi connectivity index (χ0) is 14.9. The summed E-state index contributed by atoms with van der Waals surface area (Å²) in [6.07, 6.45) is 0. The van der Waals surface area contributed by atoms with Crippen molar-refractivity contribution in [2.75, 3.05) is 45.8 Å². The van der Waals surface area contributed by atoms with Gasteiger partial charge in [-0.05, 0) is 48.3 Å². The van der Waals surface area contributed by atoms with Gasteiger partial charge >= 0.3 is 0 Å². The zero-order valence-corrected chi connectivity index (χ0v) is 14.7. The fraction of sp³-hybridized carbons (Fsp3) is 1.00. The summed E-state index contributed by atoms with van der Waals surface area (Å²) in [5.41, 5.74) is 0. The largest absolute Gasteiger partial charge is 0.299 e. The van der Waals surface area contributed by atoms with Crippen LogP contribution in [0.25, 0.3) is 0 Å². The molecule has 0 saturated heterocycles. The van der Waals surface area contributed by atoms with E-state index in [0.29, 0.717) is 0 Å². The normalized spacial score (nSPS) is 12.7. The van der Waals surface area contributed by atoms with Crippen molar-refractivity contribution < 1.29 is 0 Å². The minimum Gasteiger partial charge on any atom is -0.299 e. The third-order valence-electron chi connectivity index (χ3n) is 4.05. The van der Waals surface area contributed by atoms with Crippen molar-refractivity contribution >= 4 is 9.03 Å². The first kappa shape index (κ1) is 19.0. The zero-order valence-electron chi connectivity index (χ0n) is 13.7. The number of hydrogen-bond donors (Lipinski definition) is 0. The van der Waals surface area contributed by atoms with Crippen LogP contribution in [0.15, 0.2) is 4.74 Å². The van der Waals surface area contributed by atoms with E-state index in [4.69, 9.17) is 0 Å². The summed E-state index contributed by atoms with van der Waals surface area (Å²) in [7, 11) is 3.49. The van der Waals surface area contributed by atoms with Crippen LogP contribution < -0.4 is 0 Å². The Labute approximate surface area is 122 Å². The van der Waals surface area contributed by atoms with Crippen molar-refractivity contribution in [3.63, 3.8) is 0 Å². The van der Waals surface area contributed by atoms with E-state index in [1.807, 2.05) is 0 Å². The van der Waals surface area contributed by atoms with Crippen molar-refractivity contribution in [2.24, 2.45) is 4.74 Å². The van der Waals surface area contributed by atoms with Gasteiger partial charge in [-0.25, -0.2) is 4.74 Å². The van der Waals surface area contributed by atoms with Crippen LogP contribution in [0.1, 0.15) is 41.5 Å². The predicted octanol–water partition coefficient (Wildman–Crippen LogP) is 2.99. The summed E-state index contributed by atoms with van der Waals surface area (Å²) in [6.45, 7) is 20.3. The first-order valence-corrected chi connectivity index (χ1v) is 8.15. The second-order valence-corrected chi connectivity index (χ2v) is 4.92. The Bertz CT molecular complexity index is 224. The van der Waals surface area contributed by atoms with Crippen molar-refractivity contribution in [1.29, 1.82) is 0 Å². The van der Waals surface area contributed by atoms with Gasteiger partial charge in [0.2, 0.25) is 0 Å². The SMILES string of the molecule is CCN(CC)CC(N=P)(N(CC)CC)N(CC)CC. The van der Waals surface area contributed by atoms with Gasteiger partial charge in [0.1, 0.15) is 0 Å². The molecule has 0 aliphatic carbocycles. The Kier molecular flexibility index (Phi) is 9.81. The maximum Gasteiger partial charge on any atom is 0.186 e. The molecule has 114 valence electrons. The molecule has 0 aromatic carbocycles. The van der Waals surface area contributed by atoms with Crippen molar-refractivity contribution in [2.45, 2.75) is 47.3 Å². The number of rotatable bonds is 11. The lowest BCUT2D eigenvalue weighted by molar-refractivity contribution is -0.0627. The molecule has 0 amide bonds. The van der Waals surface area contributed by atoms with Gasteiger partial charge in [0.25, 0.3) is 0 Å². The number of hydrogen-bond acceptors (Lipinski definition) is 4. The van der Waals surface area contributed by atoms with Gasteiger partial charge in [-0.3, -0.25) is 14.7 Å². The van der Waals surface area contributed by atoms with Crippen molar-refractivity contribution in [1.82, 2.24) is 14.7 Å². The highest BCUT2D eigenvalue weighted by molar-refractivity contribution is 7.04. The molecule has 0 rings (SSSR count). The van der Waals surface area contributed by atoms with E-state index in [1.54, 1.807) is 0 Å². The summed E-state index contributed by atoms with van der Waals surface area (Å²) in [6, 6.07) is 0. The standard InChI is InChI=1S/C14H33N4P/c1-7-16(8-2)13-14(15-19,17(9-3)10-4)18(11-5)12-6/h19H,7-13H2,1-6H3. The molecule has 0 aromatic rings. The Hall–Kier alpha value is -0.0200. The van der Waals surface area contributed by atoms with Crippen LogP contribution in [-0.2, 0) is 0 Å². The van der Waals surface area contributed by atoms with Gasteiger partial charge in [-0.1, -0.05) is 41.5 Å². The Morgan fingerprint density at radius 1 is 0.737 bits per heavy atom. The second-order valence-electron chi connectivity index (χ2n) is 4.69. The summed E-state index contributed by atoms with van der Waals surface area (Å²) >= 11 is 0. The van der Waals surface area contributed by atoms with Crippen LogP contribution in [0.4, 0.5) is 0 Å². The Balaban J connectivity index is 5.43. The fourth-order valence-electron chi connectivity index (χ4n) is 2.78. The average molecular weight is 288 g/mol. The number of nitrogens with zero attached hydrogens (tertiary/aromatic N) is 4. The van der Waals surface area contributed by atoms with Crippen molar-refractivity contribution in [3.05, 3.63) is 0 Å². The molecule has 0 radical (unpaired) electrons. The fourth-order valence-corrected chi connectivity index (χ4v) is 3.14. The molecular weight excluding hydrogens is 255 g/mol. The van der Waals surface area contributed by atoms with Crippen LogP contribution in [0.3, 0.4) is 0 Å². The third kappa shape index (κ3) is 4.49. The molecule has 0 aromatic heterocycles. The first-order chi connectivity index (χ1) is 9.09. The smallest absolute Gasteiger partial charge is 0.186 e. The molecule has 0 heterocycles. The van der Waals surface area contributed by atoms with E-state index in [1.165, 1.54) is 0 Å². The molecular formula is C14H33N4P. The van der Waals surface area contributed by atoms with Gasteiger partial charge in [0.15, 0.2) is 5.79 Å². The molecule has 0 atom stereocenters. The monoisotopic (exact) mass is 288 g/mol. The molecule has 0 fully saturated rings.